The van der Waals surface area contributed by atoms with Gasteiger partial charge in [-0.3, -0.25) is 0 Å². The van der Waals surface area contributed by atoms with Crippen LogP contribution in [0.2, 0.25) is 0 Å². The molecule has 0 bridgehead atoms. The van der Waals surface area contributed by atoms with Crippen LogP contribution in [0.4, 0.5) is 4.39 Å². The fourth-order valence-electron chi connectivity index (χ4n) is 2.48. The first kappa shape index (κ1) is 14.9. The van der Waals surface area contributed by atoms with Gasteiger partial charge in [0.1, 0.15) is 5.82 Å². The van der Waals surface area contributed by atoms with Crippen LogP contribution >= 0.6 is 0 Å². The molecule has 0 saturated heterocycles. The third-order valence-corrected chi connectivity index (χ3v) is 3.57. The van der Waals surface area contributed by atoms with Crippen LogP contribution in [0.25, 0.3) is 0 Å². The summed E-state index contributed by atoms with van der Waals surface area (Å²) in [6, 6.07) is 6.19. The Morgan fingerprint density at radius 3 is 2.65 bits per heavy atom. The van der Waals surface area contributed by atoms with Gasteiger partial charge in [-0.2, -0.15) is 0 Å². The molecule has 1 atom stereocenters. The van der Waals surface area contributed by atoms with E-state index in [1.54, 1.807) is 18.2 Å². The molecule has 2 rings (SSSR count). The van der Waals surface area contributed by atoms with Crippen LogP contribution in [0.1, 0.15) is 31.2 Å². The van der Waals surface area contributed by atoms with Crippen LogP contribution < -0.4 is 0 Å². The maximum absolute atomic E-state index is 13.7. The van der Waals surface area contributed by atoms with Gasteiger partial charge in [0.2, 0.25) is 0 Å². The molecule has 0 heterocycles. The van der Waals surface area contributed by atoms with Crippen LogP contribution in [-0.2, 0) is 20.7 Å². The highest BCUT2D eigenvalue weighted by atomic mass is 19.1. The fourth-order valence-corrected chi connectivity index (χ4v) is 2.48. The zero-order chi connectivity index (χ0) is 14.6. The molecule has 0 spiro atoms. The van der Waals surface area contributed by atoms with Gasteiger partial charge in [-0.15, -0.1) is 0 Å². The third-order valence-electron chi connectivity index (χ3n) is 3.57. The fraction of sp³-hybridized carbons (Fsp3) is 0.533. The quantitative estimate of drug-likeness (QED) is 0.664. The molecule has 4 nitrogen and oxygen atoms in total. The Balaban J connectivity index is 2.12. The van der Waals surface area contributed by atoms with E-state index in [9.17, 15) is 14.3 Å². The number of hydrogen-bond acceptors (Lipinski definition) is 4. The first-order chi connectivity index (χ1) is 9.54. The van der Waals surface area contributed by atoms with E-state index in [4.69, 9.17) is 4.74 Å². The maximum atomic E-state index is 13.7. The van der Waals surface area contributed by atoms with E-state index in [-0.39, 0.29) is 6.42 Å². The number of ether oxygens (including phenoxy) is 2. The van der Waals surface area contributed by atoms with Crippen molar-refractivity contribution < 1.29 is 23.8 Å². The number of esters is 1. The lowest BCUT2D eigenvalue weighted by Gasteiger charge is -2.27. The number of carbonyl (C=O) groups excluding carboxylic acids is 1. The molecule has 1 fully saturated rings. The van der Waals surface area contributed by atoms with Crippen LogP contribution in [0.3, 0.4) is 0 Å². The van der Waals surface area contributed by atoms with Crippen molar-refractivity contribution in [3.63, 3.8) is 0 Å². The lowest BCUT2D eigenvalue weighted by atomic mass is 10.1. The molecule has 1 aliphatic rings. The smallest absolute Gasteiger partial charge is 0.335 e. The van der Waals surface area contributed by atoms with Gasteiger partial charge in [-0.25, -0.2) is 9.18 Å². The van der Waals surface area contributed by atoms with Crippen LogP contribution in [-0.4, -0.2) is 30.1 Å². The van der Waals surface area contributed by atoms with Crippen molar-refractivity contribution in [3.8, 4) is 0 Å². The van der Waals surface area contributed by atoms with Gasteiger partial charge in [-0.05, 0) is 24.5 Å². The number of methoxy groups -OCH3 is 1. The highest BCUT2D eigenvalue weighted by molar-refractivity contribution is 5.75. The molecule has 0 aromatic heterocycles. The standard InChI is InChI=1S/C15H19FO4/c1-19-14(17)13(20-15(18)8-4-5-9-15)10-11-6-2-3-7-12(11)16/h2-3,6-7,13,18H,4-5,8-10H2,1H3/t13-/m1/s1. The summed E-state index contributed by atoms with van der Waals surface area (Å²) < 4.78 is 23.9. The Morgan fingerprint density at radius 1 is 1.40 bits per heavy atom. The third kappa shape index (κ3) is 3.55. The molecule has 0 aliphatic heterocycles. The molecule has 0 amide bonds. The van der Waals surface area contributed by atoms with E-state index < -0.39 is 23.7 Å². The second kappa shape index (κ2) is 6.33. The summed E-state index contributed by atoms with van der Waals surface area (Å²) in [6.45, 7) is 0. The average molecular weight is 282 g/mol. The zero-order valence-electron chi connectivity index (χ0n) is 11.5. The predicted molar refractivity (Wildman–Crippen MR) is 70.4 cm³/mol. The second-order valence-electron chi connectivity index (χ2n) is 5.08. The molecule has 5 heteroatoms. The minimum Gasteiger partial charge on any atom is -0.467 e. The topological polar surface area (TPSA) is 55.8 Å². The summed E-state index contributed by atoms with van der Waals surface area (Å²) in [7, 11) is 1.25. The largest absolute Gasteiger partial charge is 0.467 e. The monoisotopic (exact) mass is 282 g/mol. The van der Waals surface area contributed by atoms with Crippen molar-refractivity contribution in [1.29, 1.82) is 0 Å². The van der Waals surface area contributed by atoms with E-state index in [1.165, 1.54) is 13.2 Å². The first-order valence-corrected chi connectivity index (χ1v) is 6.75. The molecule has 1 N–H and O–H groups in total. The SMILES string of the molecule is COC(=O)[C@@H](Cc1ccccc1F)OC1(O)CCCC1. The summed E-state index contributed by atoms with van der Waals surface area (Å²) in [5.41, 5.74) is 0.365. The first-order valence-electron chi connectivity index (χ1n) is 6.75. The minimum atomic E-state index is -1.30. The van der Waals surface area contributed by atoms with Crippen LogP contribution in [0.15, 0.2) is 24.3 Å². The van der Waals surface area contributed by atoms with Crippen molar-refractivity contribution in [2.45, 2.75) is 44.0 Å². The second-order valence-corrected chi connectivity index (χ2v) is 5.08. The zero-order valence-corrected chi connectivity index (χ0v) is 11.5. The summed E-state index contributed by atoms with van der Waals surface area (Å²) in [5.74, 6) is -2.30. The molecule has 1 aromatic rings. The predicted octanol–water partition coefficient (Wildman–Crippen LogP) is 2.19. The number of carbonyl (C=O) groups is 1. The lowest BCUT2D eigenvalue weighted by molar-refractivity contribution is -0.230. The van der Waals surface area contributed by atoms with Crippen molar-refractivity contribution >= 4 is 5.97 Å². The molecule has 1 saturated carbocycles. The van der Waals surface area contributed by atoms with E-state index in [1.807, 2.05) is 0 Å². The van der Waals surface area contributed by atoms with Crippen molar-refractivity contribution in [1.82, 2.24) is 0 Å². The molecular weight excluding hydrogens is 263 g/mol. The van der Waals surface area contributed by atoms with Crippen molar-refractivity contribution in [2.75, 3.05) is 7.11 Å². The molecule has 1 aromatic carbocycles. The van der Waals surface area contributed by atoms with Gasteiger partial charge < -0.3 is 14.6 Å². The molecule has 110 valence electrons. The summed E-state index contributed by atoms with van der Waals surface area (Å²) in [4.78, 5) is 11.8. The van der Waals surface area contributed by atoms with Gasteiger partial charge in [0, 0.05) is 19.3 Å². The summed E-state index contributed by atoms with van der Waals surface area (Å²) >= 11 is 0. The number of aliphatic hydroxyl groups is 1. The molecule has 0 unspecified atom stereocenters. The molecule has 20 heavy (non-hydrogen) atoms. The highest BCUT2D eigenvalue weighted by Gasteiger charge is 2.37. The maximum Gasteiger partial charge on any atom is 0.335 e. The van der Waals surface area contributed by atoms with Crippen molar-refractivity contribution in [2.24, 2.45) is 0 Å². The van der Waals surface area contributed by atoms with Crippen LogP contribution in [0.5, 0.6) is 0 Å². The Labute approximate surface area is 117 Å². The van der Waals surface area contributed by atoms with Crippen LogP contribution in [0, 0.1) is 5.82 Å². The number of hydrogen-bond donors (Lipinski definition) is 1. The Hall–Kier alpha value is -1.46. The van der Waals surface area contributed by atoms with Gasteiger partial charge in [-0.1, -0.05) is 18.2 Å². The molecular formula is C15H19FO4. The van der Waals surface area contributed by atoms with E-state index in [0.29, 0.717) is 18.4 Å². The van der Waals surface area contributed by atoms with E-state index in [0.717, 1.165) is 12.8 Å². The van der Waals surface area contributed by atoms with E-state index in [2.05, 4.69) is 4.74 Å². The van der Waals surface area contributed by atoms with Gasteiger partial charge >= 0.3 is 5.97 Å². The molecule has 0 radical (unpaired) electrons. The van der Waals surface area contributed by atoms with Gasteiger partial charge in [0.25, 0.3) is 0 Å². The van der Waals surface area contributed by atoms with E-state index >= 15 is 0 Å². The summed E-state index contributed by atoms with van der Waals surface area (Å²) in [5, 5.41) is 10.2. The Morgan fingerprint density at radius 2 is 2.05 bits per heavy atom. The Kier molecular flexibility index (Phi) is 4.73. The number of benzene rings is 1. The minimum absolute atomic E-state index is 0.0433. The van der Waals surface area contributed by atoms with Crippen molar-refractivity contribution in [3.05, 3.63) is 35.6 Å². The van der Waals surface area contributed by atoms with Gasteiger partial charge in [0.05, 0.1) is 7.11 Å². The number of halogens is 1. The lowest BCUT2D eigenvalue weighted by Crippen LogP contribution is -2.39. The summed E-state index contributed by atoms with van der Waals surface area (Å²) in [6.07, 6.45) is 1.71. The highest BCUT2D eigenvalue weighted by Crippen LogP contribution is 2.32. The average Bonchev–Trinajstić information content (AvgIpc) is 2.86. The Bertz CT molecular complexity index is 469. The normalized spacial score (nSPS) is 18.8. The van der Waals surface area contributed by atoms with Gasteiger partial charge in [0.15, 0.2) is 11.9 Å². The number of rotatable bonds is 5. The molecule has 1 aliphatic carbocycles.